The first-order valence-corrected chi connectivity index (χ1v) is 10.3. The fraction of sp³-hybridized carbons (Fsp3) is 0.0909. The second kappa shape index (κ2) is 9.23. The fourth-order valence-corrected chi connectivity index (χ4v) is 3.46. The van der Waals surface area contributed by atoms with Gasteiger partial charge in [-0.1, -0.05) is 48.2 Å². The van der Waals surface area contributed by atoms with Crippen LogP contribution in [-0.2, 0) is 4.79 Å². The van der Waals surface area contributed by atoms with Gasteiger partial charge >= 0.3 is 0 Å². The van der Waals surface area contributed by atoms with Crippen LogP contribution in [0.2, 0.25) is 0 Å². The molecule has 1 N–H and O–H groups in total. The van der Waals surface area contributed by atoms with E-state index >= 15 is 0 Å². The van der Waals surface area contributed by atoms with Gasteiger partial charge in [0.1, 0.15) is 11.5 Å². The fourth-order valence-electron chi connectivity index (χ4n) is 2.78. The topological polar surface area (TPSA) is 81.9 Å². The van der Waals surface area contributed by atoms with Crippen LogP contribution in [0.15, 0.2) is 84.0 Å². The van der Waals surface area contributed by atoms with E-state index in [9.17, 15) is 4.79 Å². The molecule has 0 spiro atoms. The Hall–Kier alpha value is -3.65. The van der Waals surface area contributed by atoms with Crippen LogP contribution in [-0.4, -0.2) is 31.9 Å². The van der Waals surface area contributed by atoms with E-state index in [1.807, 2.05) is 73.7 Å². The molecule has 0 aliphatic carbocycles. The summed E-state index contributed by atoms with van der Waals surface area (Å²) < 4.78 is 7.40. The van der Waals surface area contributed by atoms with E-state index in [-0.39, 0.29) is 11.7 Å². The zero-order valence-corrected chi connectivity index (χ0v) is 17.0. The van der Waals surface area contributed by atoms with Crippen molar-refractivity contribution in [2.45, 2.75) is 12.1 Å². The van der Waals surface area contributed by atoms with Gasteiger partial charge in [0.2, 0.25) is 11.1 Å². The summed E-state index contributed by atoms with van der Waals surface area (Å²) in [5, 5.41) is 15.3. The van der Waals surface area contributed by atoms with E-state index in [4.69, 9.17) is 4.74 Å². The number of carbonyl (C=O) groups excluding carboxylic acids is 1. The largest absolute Gasteiger partial charge is 0.457 e. The van der Waals surface area contributed by atoms with Crippen LogP contribution in [0.25, 0.3) is 5.69 Å². The number of anilines is 1. The van der Waals surface area contributed by atoms with Crippen LogP contribution < -0.4 is 10.1 Å². The van der Waals surface area contributed by atoms with E-state index in [0.29, 0.717) is 16.6 Å². The molecule has 0 radical (unpaired) electrons. The molecule has 150 valence electrons. The van der Waals surface area contributed by atoms with Gasteiger partial charge in [0.25, 0.3) is 0 Å². The molecule has 0 saturated heterocycles. The summed E-state index contributed by atoms with van der Waals surface area (Å²) in [7, 11) is 0. The molecule has 3 aromatic carbocycles. The molecule has 1 heterocycles. The van der Waals surface area contributed by atoms with Gasteiger partial charge in [-0.25, -0.2) is 0 Å². The SMILES string of the molecule is Cc1ccccc1-n1nnnc1SCC(=O)Nc1ccc(Oc2ccccc2)cc1. The molecule has 0 unspecified atom stereocenters. The summed E-state index contributed by atoms with van der Waals surface area (Å²) in [4.78, 5) is 12.4. The van der Waals surface area contributed by atoms with E-state index in [2.05, 4.69) is 20.8 Å². The Balaban J connectivity index is 1.34. The first-order chi connectivity index (χ1) is 14.7. The number of benzene rings is 3. The van der Waals surface area contributed by atoms with Gasteiger partial charge in [-0.15, -0.1) is 5.10 Å². The van der Waals surface area contributed by atoms with Gasteiger partial charge in [-0.05, 0) is 65.4 Å². The maximum absolute atomic E-state index is 12.4. The summed E-state index contributed by atoms with van der Waals surface area (Å²) in [5.74, 6) is 1.51. The molecule has 4 rings (SSSR count). The molecule has 8 heteroatoms. The van der Waals surface area contributed by atoms with Crippen LogP contribution in [0.5, 0.6) is 11.5 Å². The first kappa shape index (κ1) is 19.7. The molecule has 0 saturated carbocycles. The predicted molar refractivity (Wildman–Crippen MR) is 116 cm³/mol. The highest BCUT2D eigenvalue weighted by Crippen LogP contribution is 2.23. The molecule has 0 atom stereocenters. The Bertz CT molecular complexity index is 1130. The number of thioether (sulfide) groups is 1. The number of rotatable bonds is 7. The van der Waals surface area contributed by atoms with Crippen LogP contribution in [0.3, 0.4) is 0 Å². The number of amides is 1. The van der Waals surface area contributed by atoms with E-state index < -0.39 is 0 Å². The van der Waals surface area contributed by atoms with E-state index in [1.165, 1.54) is 11.8 Å². The van der Waals surface area contributed by atoms with Crippen molar-refractivity contribution in [2.75, 3.05) is 11.1 Å². The number of carbonyl (C=O) groups is 1. The lowest BCUT2D eigenvalue weighted by Gasteiger charge is -2.09. The molecular formula is C22H19N5O2S. The van der Waals surface area contributed by atoms with Crippen molar-refractivity contribution in [3.05, 3.63) is 84.4 Å². The number of hydrogen-bond acceptors (Lipinski definition) is 6. The lowest BCUT2D eigenvalue weighted by Crippen LogP contribution is -2.14. The quantitative estimate of drug-likeness (QED) is 0.446. The number of tetrazole rings is 1. The van der Waals surface area contributed by atoms with Crippen molar-refractivity contribution < 1.29 is 9.53 Å². The maximum Gasteiger partial charge on any atom is 0.234 e. The lowest BCUT2D eigenvalue weighted by atomic mass is 10.2. The zero-order valence-electron chi connectivity index (χ0n) is 16.2. The highest BCUT2D eigenvalue weighted by atomic mass is 32.2. The van der Waals surface area contributed by atoms with Gasteiger partial charge in [-0.3, -0.25) is 4.79 Å². The Morgan fingerprint density at radius 2 is 1.67 bits per heavy atom. The number of hydrogen-bond donors (Lipinski definition) is 1. The van der Waals surface area contributed by atoms with Crippen molar-refractivity contribution >= 4 is 23.4 Å². The molecule has 7 nitrogen and oxygen atoms in total. The molecule has 0 fully saturated rings. The van der Waals surface area contributed by atoms with Crippen molar-refractivity contribution in [1.29, 1.82) is 0 Å². The molecule has 0 aliphatic rings. The van der Waals surface area contributed by atoms with Gasteiger partial charge in [0, 0.05) is 5.69 Å². The van der Waals surface area contributed by atoms with Crippen molar-refractivity contribution in [3.8, 4) is 17.2 Å². The number of aromatic nitrogens is 4. The number of para-hydroxylation sites is 2. The Labute approximate surface area is 178 Å². The van der Waals surface area contributed by atoms with Crippen molar-refractivity contribution in [2.24, 2.45) is 0 Å². The maximum atomic E-state index is 12.4. The average Bonchev–Trinajstić information content (AvgIpc) is 3.23. The predicted octanol–water partition coefficient (Wildman–Crippen LogP) is 4.49. The highest BCUT2D eigenvalue weighted by molar-refractivity contribution is 7.99. The first-order valence-electron chi connectivity index (χ1n) is 9.29. The van der Waals surface area contributed by atoms with E-state index in [0.717, 1.165) is 17.0 Å². The zero-order chi connectivity index (χ0) is 20.8. The smallest absolute Gasteiger partial charge is 0.234 e. The minimum Gasteiger partial charge on any atom is -0.457 e. The van der Waals surface area contributed by atoms with Gasteiger partial charge in [-0.2, -0.15) is 4.68 Å². The second-order valence-corrected chi connectivity index (χ2v) is 7.38. The summed E-state index contributed by atoms with van der Waals surface area (Å²) in [6.07, 6.45) is 0. The second-order valence-electron chi connectivity index (χ2n) is 6.44. The van der Waals surface area contributed by atoms with Gasteiger partial charge < -0.3 is 10.1 Å². The lowest BCUT2D eigenvalue weighted by molar-refractivity contribution is -0.113. The van der Waals surface area contributed by atoms with E-state index in [1.54, 1.807) is 16.8 Å². The third kappa shape index (κ3) is 4.84. The average molecular weight is 417 g/mol. The summed E-state index contributed by atoms with van der Waals surface area (Å²) in [5.41, 5.74) is 2.63. The summed E-state index contributed by atoms with van der Waals surface area (Å²) in [6, 6.07) is 24.6. The minimum atomic E-state index is -0.143. The number of nitrogens with zero attached hydrogens (tertiary/aromatic N) is 4. The molecular weight excluding hydrogens is 398 g/mol. The van der Waals surface area contributed by atoms with Crippen molar-refractivity contribution in [1.82, 2.24) is 20.2 Å². The Morgan fingerprint density at radius 1 is 0.967 bits per heavy atom. The normalized spacial score (nSPS) is 10.6. The molecule has 1 aromatic heterocycles. The Kier molecular flexibility index (Phi) is 6.05. The number of nitrogens with one attached hydrogen (secondary N) is 1. The van der Waals surface area contributed by atoms with Gasteiger partial charge in [0.15, 0.2) is 0 Å². The molecule has 30 heavy (non-hydrogen) atoms. The van der Waals surface area contributed by atoms with Crippen LogP contribution in [0, 0.1) is 6.92 Å². The number of aryl methyl sites for hydroxylation is 1. The van der Waals surface area contributed by atoms with Crippen molar-refractivity contribution in [3.63, 3.8) is 0 Å². The highest BCUT2D eigenvalue weighted by Gasteiger charge is 2.13. The third-order valence-corrected chi connectivity index (χ3v) is 5.15. The van der Waals surface area contributed by atoms with Crippen LogP contribution >= 0.6 is 11.8 Å². The number of ether oxygens (including phenoxy) is 1. The third-order valence-electron chi connectivity index (χ3n) is 4.23. The monoisotopic (exact) mass is 417 g/mol. The molecule has 0 aliphatic heterocycles. The van der Waals surface area contributed by atoms with Gasteiger partial charge in [0.05, 0.1) is 11.4 Å². The standard InChI is InChI=1S/C22H19N5O2S/c1-16-7-5-6-10-20(16)27-22(24-25-26-27)30-15-21(28)23-17-11-13-19(14-12-17)29-18-8-3-2-4-9-18/h2-14H,15H2,1H3,(H,23,28). The van der Waals surface area contributed by atoms with Crippen LogP contribution in [0.4, 0.5) is 5.69 Å². The summed E-state index contributed by atoms with van der Waals surface area (Å²) in [6.45, 7) is 1.99. The molecule has 4 aromatic rings. The minimum absolute atomic E-state index is 0.143. The summed E-state index contributed by atoms with van der Waals surface area (Å²) >= 11 is 1.28. The van der Waals surface area contributed by atoms with Crippen LogP contribution in [0.1, 0.15) is 5.56 Å². The molecule has 1 amide bonds. The Morgan fingerprint density at radius 3 is 2.43 bits per heavy atom. The molecule has 0 bridgehead atoms.